The number of nitrogen functional groups attached to an aromatic ring is 1. The molecule has 0 spiro atoms. The first-order chi connectivity index (χ1) is 18.8. The van der Waals surface area contributed by atoms with Gasteiger partial charge in [0.25, 0.3) is 17.7 Å². The molecule has 3 aliphatic heterocycles. The van der Waals surface area contributed by atoms with Gasteiger partial charge in [-0.2, -0.15) is 4.57 Å². The van der Waals surface area contributed by atoms with Gasteiger partial charge in [0.2, 0.25) is 11.1 Å². The molecule has 5 N–H and O–H groups in total. The summed E-state index contributed by atoms with van der Waals surface area (Å²) < 4.78 is 1.93. The Hall–Kier alpha value is -3.63. The fraction of sp³-hybridized carbons (Fsp3) is 0.348. The topological polar surface area (TPSA) is 180 Å². The molecule has 0 radical (unpaired) electrons. The van der Waals surface area contributed by atoms with Crippen LogP contribution in [-0.2, 0) is 30.6 Å². The molecule has 2 aromatic rings. The fourth-order valence-corrected chi connectivity index (χ4v) is 6.84. The van der Waals surface area contributed by atoms with Crippen molar-refractivity contribution in [2.24, 2.45) is 5.16 Å². The molecule has 16 heteroatoms. The number of nitrogens with one attached hydrogen (secondary N) is 2. The number of nitrogens with zero attached hydrogens (tertiary/aromatic N) is 4. The van der Waals surface area contributed by atoms with Gasteiger partial charge in [0, 0.05) is 41.8 Å². The Morgan fingerprint density at radius 2 is 2.23 bits per heavy atom. The standard InChI is InChI=1S/C23H23N7O6S3/c1-37-14-4-2-3-7-29(14)8-11-9-38-21-16(20(33)30(21)17(11)22(34)35)27-19(32)15(12-10-39-23(24)26-12)28-36-13-5-6-25-18(13)31/h2-4,7,10,13,16,21H,5-6,8-9H2,1H3,(H4-,24,25,26,27,31,32,34,35)/p+1/t13-,16+,21-/m0/s1. The molecule has 2 aromatic heterocycles. The van der Waals surface area contributed by atoms with E-state index in [1.54, 1.807) is 0 Å². The van der Waals surface area contributed by atoms with Crippen molar-refractivity contribution in [1.82, 2.24) is 20.5 Å². The predicted molar refractivity (Wildman–Crippen MR) is 144 cm³/mol. The van der Waals surface area contributed by atoms with Gasteiger partial charge in [0.15, 0.2) is 23.6 Å². The smallest absolute Gasteiger partial charge is 0.352 e. The van der Waals surface area contributed by atoms with Crippen LogP contribution in [0.5, 0.6) is 0 Å². The third kappa shape index (κ3) is 5.31. The number of thiazole rings is 1. The minimum Gasteiger partial charge on any atom is -0.477 e. The highest BCUT2D eigenvalue weighted by Gasteiger charge is 2.55. The first kappa shape index (κ1) is 27.0. The molecule has 0 aromatic carbocycles. The van der Waals surface area contributed by atoms with E-state index in [4.69, 9.17) is 10.6 Å². The van der Waals surface area contributed by atoms with Gasteiger partial charge in [-0.05, 0) is 12.3 Å². The van der Waals surface area contributed by atoms with Crippen LogP contribution in [0, 0.1) is 0 Å². The quantitative estimate of drug-likeness (QED) is 0.100. The Labute approximate surface area is 234 Å². The number of aromatic nitrogens is 2. The van der Waals surface area contributed by atoms with Crippen LogP contribution in [0.2, 0.25) is 0 Å². The van der Waals surface area contributed by atoms with Crippen LogP contribution in [0.15, 0.2) is 51.2 Å². The van der Waals surface area contributed by atoms with Crippen molar-refractivity contribution in [2.75, 3.05) is 24.3 Å². The van der Waals surface area contributed by atoms with Crippen molar-refractivity contribution in [3.05, 3.63) is 46.7 Å². The number of carbonyl (C=O) groups excluding carboxylic acids is 3. The lowest BCUT2D eigenvalue weighted by Crippen LogP contribution is -2.71. The number of oxime groups is 1. The second kappa shape index (κ2) is 11.2. The molecule has 5 rings (SSSR count). The molecular formula is C23H24N7O6S3+. The van der Waals surface area contributed by atoms with Crippen LogP contribution < -0.4 is 20.9 Å². The molecule has 39 heavy (non-hydrogen) atoms. The maximum atomic E-state index is 13.2. The van der Waals surface area contributed by atoms with Gasteiger partial charge in [0.05, 0.1) is 0 Å². The van der Waals surface area contributed by atoms with Gasteiger partial charge in [-0.15, -0.1) is 23.1 Å². The first-order valence-corrected chi connectivity index (χ1v) is 14.9. The van der Waals surface area contributed by atoms with Crippen molar-refractivity contribution in [2.45, 2.75) is 35.5 Å². The van der Waals surface area contributed by atoms with Crippen molar-refractivity contribution in [3.63, 3.8) is 0 Å². The molecule has 2 saturated heterocycles. The number of anilines is 1. The third-order valence-electron chi connectivity index (χ3n) is 6.25. The summed E-state index contributed by atoms with van der Waals surface area (Å²) in [6, 6.07) is 4.71. The number of hydrogen-bond donors (Lipinski definition) is 4. The van der Waals surface area contributed by atoms with Crippen molar-refractivity contribution >= 4 is 69.4 Å². The molecule has 13 nitrogen and oxygen atoms in total. The number of amides is 3. The minimum absolute atomic E-state index is 0.0746. The van der Waals surface area contributed by atoms with Crippen LogP contribution in [0.1, 0.15) is 12.1 Å². The minimum atomic E-state index is -1.21. The summed E-state index contributed by atoms with van der Waals surface area (Å²) in [5.74, 6) is -2.50. The molecule has 2 fully saturated rings. The summed E-state index contributed by atoms with van der Waals surface area (Å²) in [6.45, 7) is 0.742. The van der Waals surface area contributed by atoms with Gasteiger partial charge >= 0.3 is 5.97 Å². The number of nitrogens with two attached hydrogens (primary N) is 1. The van der Waals surface area contributed by atoms with Crippen LogP contribution in [-0.4, -0.2) is 80.5 Å². The maximum absolute atomic E-state index is 13.2. The Morgan fingerprint density at radius 3 is 2.90 bits per heavy atom. The summed E-state index contributed by atoms with van der Waals surface area (Å²) in [4.78, 5) is 61.1. The number of fused-ring (bicyclic) bond motifs is 1. The van der Waals surface area contributed by atoms with Gasteiger partial charge in [-0.1, -0.05) is 16.9 Å². The molecule has 0 aliphatic carbocycles. The maximum Gasteiger partial charge on any atom is 0.352 e. The van der Waals surface area contributed by atoms with E-state index in [2.05, 4.69) is 20.8 Å². The van der Waals surface area contributed by atoms with E-state index >= 15 is 0 Å². The van der Waals surface area contributed by atoms with E-state index in [1.807, 2.05) is 35.2 Å². The van der Waals surface area contributed by atoms with Gasteiger partial charge in [-0.3, -0.25) is 19.3 Å². The Balaban J connectivity index is 1.35. The van der Waals surface area contributed by atoms with E-state index in [-0.39, 0.29) is 28.1 Å². The number of carboxylic acid groups (broad SMARTS) is 1. The molecule has 5 heterocycles. The summed E-state index contributed by atoms with van der Waals surface area (Å²) in [5.41, 5.74) is 6.13. The molecule has 0 unspecified atom stereocenters. The number of hydrogen-bond acceptors (Lipinski definition) is 11. The molecule has 3 amide bonds. The lowest BCUT2D eigenvalue weighted by molar-refractivity contribution is -0.725. The Kier molecular flexibility index (Phi) is 7.76. The number of β-lactam (4-membered cyclic amide) rings is 1. The second-order valence-electron chi connectivity index (χ2n) is 8.67. The molecule has 0 bridgehead atoms. The van der Waals surface area contributed by atoms with E-state index in [0.29, 0.717) is 30.8 Å². The molecular weight excluding hydrogens is 566 g/mol. The number of carbonyl (C=O) groups is 4. The van der Waals surface area contributed by atoms with Gasteiger partial charge < -0.3 is 26.3 Å². The number of aliphatic carboxylic acids is 1. The van der Waals surface area contributed by atoms with Crippen LogP contribution in [0.3, 0.4) is 0 Å². The summed E-state index contributed by atoms with van der Waals surface area (Å²) in [5, 5.41) is 21.2. The van der Waals surface area contributed by atoms with Crippen molar-refractivity contribution < 1.29 is 33.7 Å². The van der Waals surface area contributed by atoms with Crippen LogP contribution >= 0.6 is 34.9 Å². The van der Waals surface area contributed by atoms with E-state index < -0.39 is 35.3 Å². The van der Waals surface area contributed by atoms with Gasteiger partial charge in [-0.25, -0.2) is 9.78 Å². The first-order valence-electron chi connectivity index (χ1n) is 11.7. The zero-order valence-corrected chi connectivity index (χ0v) is 23.0. The average Bonchev–Trinajstić information content (AvgIpc) is 3.54. The molecule has 3 aliphatic rings. The van der Waals surface area contributed by atoms with Crippen molar-refractivity contribution in [3.8, 4) is 0 Å². The number of pyridine rings is 1. The third-order valence-corrected chi connectivity index (χ3v) is 9.06. The SMILES string of the molecule is CSc1cccc[n+]1CC1=C(C(=O)O)N2C(=O)[C@@H](NC(=O)C(=NO[C@H]3CCNC3=O)c3csc(N)n3)[C@@H]2SC1. The highest BCUT2D eigenvalue weighted by Crippen LogP contribution is 2.40. The fourth-order valence-electron chi connectivity index (χ4n) is 4.39. The average molecular weight is 591 g/mol. The molecule has 0 saturated carbocycles. The zero-order chi connectivity index (χ0) is 27.7. The lowest BCUT2D eigenvalue weighted by atomic mass is 10.0. The zero-order valence-electron chi connectivity index (χ0n) is 20.5. The Morgan fingerprint density at radius 1 is 1.41 bits per heavy atom. The van der Waals surface area contributed by atoms with Crippen molar-refractivity contribution in [1.29, 1.82) is 0 Å². The highest BCUT2D eigenvalue weighted by atomic mass is 32.2. The second-order valence-corrected chi connectivity index (χ2v) is 11.5. The number of rotatable bonds is 9. The van der Waals surface area contributed by atoms with Crippen LogP contribution in [0.4, 0.5) is 5.13 Å². The van der Waals surface area contributed by atoms with Gasteiger partial charge in [0.1, 0.15) is 22.8 Å². The summed E-state index contributed by atoms with van der Waals surface area (Å²) in [6.07, 6.45) is 3.33. The largest absolute Gasteiger partial charge is 0.477 e. The monoisotopic (exact) mass is 590 g/mol. The normalized spacial score (nSPS) is 22.7. The van der Waals surface area contributed by atoms with Crippen LogP contribution in [0.25, 0.3) is 0 Å². The van der Waals surface area contributed by atoms with E-state index in [9.17, 15) is 24.3 Å². The van der Waals surface area contributed by atoms with E-state index in [0.717, 1.165) is 16.4 Å². The molecule has 204 valence electrons. The molecule has 3 atom stereocenters. The predicted octanol–water partition coefficient (Wildman–Crippen LogP) is -0.217. The summed E-state index contributed by atoms with van der Waals surface area (Å²) in [7, 11) is 0. The highest BCUT2D eigenvalue weighted by molar-refractivity contribution is 8.00. The lowest BCUT2D eigenvalue weighted by Gasteiger charge is -2.49. The number of carboxylic acids is 1. The summed E-state index contributed by atoms with van der Waals surface area (Å²) >= 11 is 3.99. The number of thioether (sulfide) groups is 2. The van der Waals surface area contributed by atoms with E-state index in [1.165, 1.54) is 33.8 Å². The Bertz CT molecular complexity index is 1410.